The van der Waals surface area contributed by atoms with E-state index < -0.39 is 22.0 Å². The molecule has 3 rings (SSSR count). The molecule has 0 radical (unpaired) electrons. The Morgan fingerprint density at radius 1 is 1.13 bits per heavy atom. The third-order valence-electron chi connectivity index (χ3n) is 5.15. The topological polar surface area (TPSA) is 84.9 Å². The molecule has 0 spiro atoms. The minimum atomic E-state index is -3.65. The molecule has 1 fully saturated rings. The van der Waals surface area contributed by atoms with Gasteiger partial charge in [-0.3, -0.25) is 4.79 Å². The molecule has 31 heavy (non-hydrogen) atoms. The predicted octanol–water partition coefficient (Wildman–Crippen LogP) is 4.32. The average Bonchev–Trinajstić information content (AvgIpc) is 2.79. The number of hydrogen-bond acceptors (Lipinski definition) is 5. The summed E-state index contributed by atoms with van der Waals surface area (Å²) in [6.45, 7) is 2.81. The number of carbonyl (C=O) groups is 1. The summed E-state index contributed by atoms with van der Waals surface area (Å²) in [6.07, 6.45) is 2.30. The number of nitrogens with one attached hydrogen (secondary N) is 1. The highest BCUT2D eigenvalue weighted by Crippen LogP contribution is 2.31. The van der Waals surface area contributed by atoms with Crippen molar-refractivity contribution in [2.75, 3.05) is 25.5 Å². The summed E-state index contributed by atoms with van der Waals surface area (Å²) >= 11 is 6.13. The fourth-order valence-corrected chi connectivity index (χ4v) is 5.15. The minimum absolute atomic E-state index is 0.116. The van der Waals surface area contributed by atoms with E-state index in [-0.39, 0.29) is 10.6 Å². The Morgan fingerprint density at radius 2 is 1.84 bits per heavy atom. The lowest BCUT2D eigenvalue weighted by Crippen LogP contribution is -2.35. The number of rotatable bonds is 8. The third-order valence-corrected chi connectivity index (χ3v) is 7.36. The lowest BCUT2D eigenvalue weighted by atomic mass is 10.2. The first-order valence-electron chi connectivity index (χ1n) is 10.3. The van der Waals surface area contributed by atoms with Crippen LogP contribution in [0.25, 0.3) is 0 Å². The number of anilines is 1. The van der Waals surface area contributed by atoms with Crippen molar-refractivity contribution in [3.63, 3.8) is 0 Å². The SMILES string of the molecule is CC[C@H](Oc1ccccc1Cl)C(=O)Nc1cc(S(=O)(=O)N2CCCCC2)ccc1OC. The normalized spacial score (nSPS) is 15.8. The first-order valence-corrected chi connectivity index (χ1v) is 12.1. The van der Waals surface area contributed by atoms with Crippen molar-refractivity contribution in [2.45, 2.75) is 43.6 Å². The number of benzene rings is 2. The van der Waals surface area contributed by atoms with Gasteiger partial charge in [0.2, 0.25) is 10.0 Å². The van der Waals surface area contributed by atoms with Gasteiger partial charge in [0.1, 0.15) is 11.5 Å². The quantitative estimate of drug-likeness (QED) is 0.626. The molecule has 1 heterocycles. The minimum Gasteiger partial charge on any atom is -0.495 e. The van der Waals surface area contributed by atoms with E-state index in [0.717, 1.165) is 19.3 Å². The molecule has 1 aliphatic heterocycles. The van der Waals surface area contributed by atoms with Crippen LogP contribution in [0, 0.1) is 0 Å². The standard InChI is InChI=1S/C22H27ClN2O5S/c1-3-19(30-20-10-6-5-9-17(20)23)22(26)24-18-15-16(11-12-21(18)29-2)31(27,28)25-13-7-4-8-14-25/h5-6,9-12,15,19H,3-4,7-8,13-14H2,1-2H3,(H,24,26)/t19-/m0/s1. The highest BCUT2D eigenvalue weighted by Gasteiger charge is 2.28. The van der Waals surface area contributed by atoms with Crippen molar-refractivity contribution in [3.8, 4) is 11.5 Å². The number of amides is 1. The van der Waals surface area contributed by atoms with Gasteiger partial charge in [-0.1, -0.05) is 37.1 Å². The molecule has 1 saturated heterocycles. The number of hydrogen-bond donors (Lipinski definition) is 1. The van der Waals surface area contributed by atoms with E-state index in [1.165, 1.54) is 23.5 Å². The molecule has 168 valence electrons. The van der Waals surface area contributed by atoms with Crippen molar-refractivity contribution in [3.05, 3.63) is 47.5 Å². The van der Waals surface area contributed by atoms with Gasteiger partial charge in [0, 0.05) is 13.1 Å². The van der Waals surface area contributed by atoms with Crippen LogP contribution in [-0.2, 0) is 14.8 Å². The highest BCUT2D eigenvalue weighted by atomic mass is 35.5. The van der Waals surface area contributed by atoms with Crippen LogP contribution < -0.4 is 14.8 Å². The average molecular weight is 467 g/mol. The molecule has 1 atom stereocenters. The predicted molar refractivity (Wildman–Crippen MR) is 120 cm³/mol. The highest BCUT2D eigenvalue weighted by molar-refractivity contribution is 7.89. The van der Waals surface area contributed by atoms with Crippen molar-refractivity contribution in [1.82, 2.24) is 4.31 Å². The Labute approximate surface area is 188 Å². The van der Waals surface area contributed by atoms with E-state index in [1.54, 1.807) is 30.3 Å². The Balaban J connectivity index is 1.83. The first-order chi connectivity index (χ1) is 14.9. The number of methoxy groups -OCH3 is 1. The van der Waals surface area contributed by atoms with Gasteiger partial charge in [0.05, 0.1) is 22.7 Å². The van der Waals surface area contributed by atoms with Gasteiger partial charge < -0.3 is 14.8 Å². The molecule has 0 bridgehead atoms. The fourth-order valence-electron chi connectivity index (χ4n) is 3.43. The van der Waals surface area contributed by atoms with E-state index in [2.05, 4.69) is 5.32 Å². The number of sulfonamides is 1. The molecule has 1 aliphatic rings. The summed E-state index contributed by atoms with van der Waals surface area (Å²) in [7, 11) is -2.19. The Morgan fingerprint density at radius 3 is 2.48 bits per heavy atom. The maximum Gasteiger partial charge on any atom is 0.265 e. The molecular weight excluding hydrogens is 440 g/mol. The zero-order valence-electron chi connectivity index (χ0n) is 17.6. The zero-order chi connectivity index (χ0) is 22.4. The van der Waals surface area contributed by atoms with Crippen molar-refractivity contribution < 1.29 is 22.7 Å². The Hall–Kier alpha value is -2.29. The van der Waals surface area contributed by atoms with Crippen LogP contribution in [0.5, 0.6) is 11.5 Å². The molecule has 0 unspecified atom stereocenters. The molecule has 2 aromatic rings. The monoisotopic (exact) mass is 466 g/mol. The van der Waals surface area contributed by atoms with Gasteiger partial charge in [-0.2, -0.15) is 4.31 Å². The van der Waals surface area contributed by atoms with Crippen LogP contribution in [-0.4, -0.2) is 44.9 Å². The van der Waals surface area contributed by atoms with Crippen LogP contribution in [0.1, 0.15) is 32.6 Å². The first kappa shape index (κ1) is 23.4. The molecule has 2 aromatic carbocycles. The summed E-state index contributed by atoms with van der Waals surface area (Å²) in [5.41, 5.74) is 0.270. The number of nitrogens with zero attached hydrogens (tertiary/aromatic N) is 1. The van der Waals surface area contributed by atoms with Crippen LogP contribution in [0.4, 0.5) is 5.69 Å². The molecule has 0 saturated carbocycles. The van der Waals surface area contributed by atoms with E-state index in [9.17, 15) is 13.2 Å². The van der Waals surface area contributed by atoms with Crippen LogP contribution in [0.15, 0.2) is 47.4 Å². The maximum atomic E-state index is 13.0. The summed E-state index contributed by atoms with van der Waals surface area (Å²) in [6, 6.07) is 11.4. The second kappa shape index (κ2) is 10.3. The number of carbonyl (C=O) groups excluding carboxylic acids is 1. The molecule has 9 heteroatoms. The van der Waals surface area contributed by atoms with Gasteiger partial charge in [-0.05, 0) is 49.6 Å². The molecule has 0 aliphatic carbocycles. The van der Waals surface area contributed by atoms with Crippen molar-refractivity contribution in [2.24, 2.45) is 0 Å². The number of ether oxygens (including phenoxy) is 2. The van der Waals surface area contributed by atoms with E-state index in [0.29, 0.717) is 36.0 Å². The summed E-state index contributed by atoms with van der Waals surface area (Å²) in [5, 5.41) is 3.16. The van der Waals surface area contributed by atoms with Crippen LogP contribution in [0.3, 0.4) is 0 Å². The lowest BCUT2D eigenvalue weighted by molar-refractivity contribution is -0.122. The van der Waals surface area contributed by atoms with E-state index >= 15 is 0 Å². The second-order valence-electron chi connectivity index (χ2n) is 7.26. The van der Waals surface area contributed by atoms with Crippen molar-refractivity contribution in [1.29, 1.82) is 0 Å². The number of piperidine rings is 1. The molecule has 1 amide bonds. The Bertz CT molecular complexity index is 1020. The summed E-state index contributed by atoms with van der Waals surface area (Å²) in [5.74, 6) is 0.339. The van der Waals surface area contributed by atoms with Crippen LogP contribution in [0.2, 0.25) is 5.02 Å². The molecule has 0 aromatic heterocycles. The third kappa shape index (κ3) is 5.50. The smallest absolute Gasteiger partial charge is 0.265 e. The van der Waals surface area contributed by atoms with E-state index in [1.807, 2.05) is 6.92 Å². The molecule has 1 N–H and O–H groups in total. The Kier molecular flexibility index (Phi) is 7.80. The number of para-hydroxylation sites is 1. The lowest BCUT2D eigenvalue weighted by Gasteiger charge is -2.26. The molecular formula is C22H27ClN2O5S. The maximum absolute atomic E-state index is 13.0. The zero-order valence-corrected chi connectivity index (χ0v) is 19.2. The number of halogens is 1. The second-order valence-corrected chi connectivity index (χ2v) is 9.61. The van der Waals surface area contributed by atoms with Gasteiger partial charge in [0.25, 0.3) is 5.91 Å². The van der Waals surface area contributed by atoms with Gasteiger partial charge >= 0.3 is 0 Å². The summed E-state index contributed by atoms with van der Waals surface area (Å²) < 4.78 is 38.6. The van der Waals surface area contributed by atoms with E-state index in [4.69, 9.17) is 21.1 Å². The van der Waals surface area contributed by atoms with Crippen molar-refractivity contribution >= 4 is 33.2 Å². The largest absolute Gasteiger partial charge is 0.495 e. The van der Waals surface area contributed by atoms with Gasteiger partial charge in [-0.15, -0.1) is 0 Å². The van der Waals surface area contributed by atoms with Gasteiger partial charge in [0.15, 0.2) is 6.10 Å². The fraction of sp³-hybridized carbons (Fsp3) is 0.409. The molecule has 7 nitrogen and oxygen atoms in total. The summed E-state index contributed by atoms with van der Waals surface area (Å²) in [4.78, 5) is 13.0. The van der Waals surface area contributed by atoms with Gasteiger partial charge in [-0.25, -0.2) is 8.42 Å². The van der Waals surface area contributed by atoms with Crippen LogP contribution >= 0.6 is 11.6 Å².